The first-order chi connectivity index (χ1) is 15.9. The number of hydrogen-bond acceptors (Lipinski definition) is 8. The number of nitrogens with one attached hydrogen (secondary N) is 1. The molecule has 0 bridgehead atoms. The molecule has 9 nitrogen and oxygen atoms in total. The van der Waals surface area contributed by atoms with Gasteiger partial charge in [-0.1, -0.05) is 30.0 Å². The largest absolute Gasteiger partial charge is 0.463 e. The Hall–Kier alpha value is -3.73. The van der Waals surface area contributed by atoms with Gasteiger partial charge in [-0.15, -0.1) is 5.10 Å². The summed E-state index contributed by atoms with van der Waals surface area (Å²) in [5.74, 6) is -0.0967. The minimum atomic E-state index is -0.698. The number of aromatic nitrogens is 3. The van der Waals surface area contributed by atoms with Gasteiger partial charge in [-0.05, 0) is 43.2 Å². The van der Waals surface area contributed by atoms with Crippen LogP contribution in [-0.2, 0) is 15.3 Å². The lowest BCUT2D eigenvalue weighted by Gasteiger charge is -2.28. The van der Waals surface area contributed by atoms with Crippen molar-refractivity contribution in [2.45, 2.75) is 30.8 Å². The van der Waals surface area contributed by atoms with Gasteiger partial charge in [0.1, 0.15) is 11.9 Å². The Morgan fingerprint density at radius 3 is 2.67 bits per heavy atom. The number of carbonyl (C=O) groups excluding carboxylic acids is 1. The number of nitro benzene ring substituents is 1. The molecular formula is C22H20FN5O4S. The zero-order valence-corrected chi connectivity index (χ0v) is 18.6. The second kappa shape index (κ2) is 9.41. The number of benzene rings is 2. The molecule has 170 valence electrons. The van der Waals surface area contributed by atoms with Gasteiger partial charge in [-0.2, -0.15) is 4.98 Å². The summed E-state index contributed by atoms with van der Waals surface area (Å²) in [5.41, 5.74) is 1.94. The summed E-state index contributed by atoms with van der Waals surface area (Å²) in [7, 11) is 0. The van der Waals surface area contributed by atoms with Crippen molar-refractivity contribution in [2.75, 3.05) is 11.9 Å². The molecule has 0 aliphatic carbocycles. The third-order valence-electron chi connectivity index (χ3n) is 5.06. The molecule has 2 heterocycles. The number of nitrogens with zero attached hydrogens (tertiary/aromatic N) is 4. The highest BCUT2D eigenvalue weighted by atomic mass is 32.2. The van der Waals surface area contributed by atoms with Crippen molar-refractivity contribution in [3.63, 3.8) is 0 Å². The molecule has 0 spiro atoms. The van der Waals surface area contributed by atoms with Crippen LogP contribution >= 0.6 is 11.8 Å². The summed E-state index contributed by atoms with van der Waals surface area (Å²) in [6.45, 7) is 3.63. The molecule has 1 N–H and O–H groups in total. The minimum absolute atomic E-state index is 0.0639. The predicted octanol–water partition coefficient (Wildman–Crippen LogP) is 4.47. The van der Waals surface area contributed by atoms with Gasteiger partial charge in [-0.25, -0.2) is 13.9 Å². The number of thioether (sulfide) groups is 1. The van der Waals surface area contributed by atoms with E-state index in [4.69, 9.17) is 4.74 Å². The Bertz CT molecular complexity index is 1240. The number of rotatable bonds is 7. The summed E-state index contributed by atoms with van der Waals surface area (Å²) >= 11 is 1.26. The van der Waals surface area contributed by atoms with Gasteiger partial charge in [-0.3, -0.25) is 10.1 Å². The number of ether oxygens (including phenoxy) is 1. The molecule has 2 aromatic carbocycles. The lowest BCUT2D eigenvalue weighted by molar-refractivity contribution is -0.384. The summed E-state index contributed by atoms with van der Waals surface area (Å²) < 4.78 is 20.8. The smallest absolute Gasteiger partial charge is 0.338 e. The summed E-state index contributed by atoms with van der Waals surface area (Å²) in [4.78, 5) is 27.9. The fraction of sp³-hybridized carbons (Fsp3) is 0.227. The van der Waals surface area contributed by atoms with Gasteiger partial charge in [0, 0.05) is 23.6 Å². The summed E-state index contributed by atoms with van der Waals surface area (Å²) in [5, 5.41) is 19.1. The SMILES string of the molecule is CCOC(=O)C1=C(C)Nc2nc(SCc3ccccc3F)nn2[C@H]1c1ccc([N+](=O)[O-])cc1. The molecule has 1 aliphatic rings. The van der Waals surface area contributed by atoms with E-state index in [2.05, 4.69) is 15.4 Å². The fourth-order valence-electron chi connectivity index (χ4n) is 3.51. The Morgan fingerprint density at radius 2 is 2.00 bits per heavy atom. The topological polar surface area (TPSA) is 112 Å². The predicted molar refractivity (Wildman–Crippen MR) is 120 cm³/mol. The van der Waals surface area contributed by atoms with Gasteiger partial charge in [0.15, 0.2) is 0 Å². The van der Waals surface area contributed by atoms with Crippen LogP contribution in [0.25, 0.3) is 0 Å². The van der Waals surface area contributed by atoms with E-state index in [9.17, 15) is 19.3 Å². The molecule has 1 aliphatic heterocycles. The monoisotopic (exact) mass is 469 g/mol. The molecule has 11 heteroatoms. The molecule has 3 aromatic rings. The van der Waals surface area contributed by atoms with Crippen LogP contribution in [0.5, 0.6) is 0 Å². The van der Waals surface area contributed by atoms with Gasteiger partial charge >= 0.3 is 5.97 Å². The number of non-ortho nitro benzene ring substituents is 1. The molecule has 0 fully saturated rings. The standard InChI is InChI=1S/C22H20FN5O4S/c1-3-32-20(29)18-13(2)24-21-25-22(33-12-15-6-4-5-7-17(15)23)26-27(21)19(18)14-8-10-16(11-9-14)28(30)31/h4-11,19H,3,12H2,1-2H3,(H,24,25,26)/t19-/m0/s1. The van der Waals surface area contributed by atoms with Crippen molar-refractivity contribution in [2.24, 2.45) is 0 Å². The number of esters is 1. The van der Waals surface area contributed by atoms with E-state index in [-0.39, 0.29) is 18.1 Å². The molecule has 1 aromatic heterocycles. The van der Waals surface area contributed by atoms with E-state index in [1.54, 1.807) is 48.9 Å². The van der Waals surface area contributed by atoms with Crippen molar-refractivity contribution in [1.29, 1.82) is 0 Å². The Kier molecular flexibility index (Phi) is 6.40. The van der Waals surface area contributed by atoms with Crippen molar-refractivity contribution < 1.29 is 18.8 Å². The zero-order valence-electron chi connectivity index (χ0n) is 17.8. The van der Waals surface area contributed by atoms with Crippen LogP contribution in [0.1, 0.15) is 31.0 Å². The van der Waals surface area contributed by atoms with Crippen molar-refractivity contribution >= 4 is 29.4 Å². The van der Waals surface area contributed by atoms with Crippen LogP contribution < -0.4 is 5.32 Å². The van der Waals surface area contributed by atoms with E-state index >= 15 is 0 Å². The Labute approximate surface area is 192 Å². The van der Waals surface area contributed by atoms with Gasteiger partial charge in [0.05, 0.1) is 17.1 Å². The molecule has 4 rings (SSSR count). The molecule has 0 amide bonds. The molecule has 0 unspecified atom stereocenters. The lowest BCUT2D eigenvalue weighted by atomic mass is 9.95. The molecule has 1 atom stereocenters. The minimum Gasteiger partial charge on any atom is -0.463 e. The number of halogens is 1. The molecule has 0 radical (unpaired) electrons. The van der Waals surface area contributed by atoms with Crippen molar-refractivity contribution in [3.8, 4) is 0 Å². The lowest BCUT2D eigenvalue weighted by Crippen LogP contribution is -2.29. The highest BCUT2D eigenvalue weighted by Gasteiger charge is 2.35. The van der Waals surface area contributed by atoms with E-state index in [0.717, 1.165) is 0 Å². The van der Waals surface area contributed by atoms with Crippen LogP contribution in [0, 0.1) is 15.9 Å². The van der Waals surface area contributed by atoms with Crippen LogP contribution in [0.15, 0.2) is 65.0 Å². The Morgan fingerprint density at radius 1 is 1.27 bits per heavy atom. The van der Waals surface area contributed by atoms with E-state index in [1.165, 1.54) is 30.0 Å². The number of nitro groups is 1. The fourth-order valence-corrected chi connectivity index (χ4v) is 4.33. The van der Waals surface area contributed by atoms with E-state index in [1.807, 2.05) is 0 Å². The third kappa shape index (κ3) is 4.58. The maximum atomic E-state index is 14.0. The summed E-state index contributed by atoms with van der Waals surface area (Å²) in [6.07, 6.45) is 0. The number of anilines is 1. The Balaban J connectivity index is 1.71. The quantitative estimate of drug-likeness (QED) is 0.233. The molecule has 33 heavy (non-hydrogen) atoms. The number of fused-ring (bicyclic) bond motifs is 1. The normalized spacial score (nSPS) is 15.1. The summed E-state index contributed by atoms with van der Waals surface area (Å²) in [6, 6.07) is 11.7. The molecular weight excluding hydrogens is 449 g/mol. The van der Waals surface area contributed by atoms with Crippen LogP contribution in [0.2, 0.25) is 0 Å². The van der Waals surface area contributed by atoms with Gasteiger partial charge in [0.2, 0.25) is 11.1 Å². The van der Waals surface area contributed by atoms with E-state index in [0.29, 0.717) is 39.3 Å². The average molecular weight is 469 g/mol. The highest BCUT2D eigenvalue weighted by Crippen LogP contribution is 2.37. The number of carbonyl (C=O) groups is 1. The first-order valence-corrected chi connectivity index (χ1v) is 11.1. The van der Waals surface area contributed by atoms with Crippen LogP contribution in [0.3, 0.4) is 0 Å². The second-order valence-corrected chi connectivity index (χ2v) is 8.12. The first kappa shape index (κ1) is 22.5. The van der Waals surface area contributed by atoms with Crippen LogP contribution in [-0.4, -0.2) is 32.3 Å². The number of allylic oxidation sites excluding steroid dienone is 1. The van der Waals surface area contributed by atoms with Crippen LogP contribution in [0.4, 0.5) is 16.0 Å². The zero-order chi connectivity index (χ0) is 23.5. The van der Waals surface area contributed by atoms with Gasteiger partial charge in [0.25, 0.3) is 5.69 Å². The van der Waals surface area contributed by atoms with Crippen molar-refractivity contribution in [1.82, 2.24) is 14.8 Å². The highest BCUT2D eigenvalue weighted by molar-refractivity contribution is 7.98. The van der Waals surface area contributed by atoms with Gasteiger partial charge < -0.3 is 10.1 Å². The maximum absolute atomic E-state index is 14.0. The first-order valence-electron chi connectivity index (χ1n) is 10.1. The second-order valence-electron chi connectivity index (χ2n) is 7.18. The third-order valence-corrected chi connectivity index (χ3v) is 5.95. The van der Waals surface area contributed by atoms with Crippen molar-refractivity contribution in [3.05, 3.63) is 86.9 Å². The maximum Gasteiger partial charge on any atom is 0.338 e. The molecule has 0 saturated heterocycles. The van der Waals surface area contributed by atoms with E-state index < -0.39 is 16.9 Å². The average Bonchev–Trinajstić information content (AvgIpc) is 3.20. The molecule has 0 saturated carbocycles. The number of hydrogen-bond donors (Lipinski definition) is 1.